The first-order valence-corrected chi connectivity index (χ1v) is 8.75. The molecule has 7 heteroatoms. The summed E-state index contributed by atoms with van der Waals surface area (Å²) in [5, 5.41) is 0. The molecule has 0 atom stereocenters. The van der Waals surface area contributed by atoms with E-state index in [9.17, 15) is 14.4 Å². The second-order valence-electron chi connectivity index (χ2n) is 5.16. The van der Waals surface area contributed by atoms with Crippen molar-refractivity contribution < 1.29 is 14.4 Å². The summed E-state index contributed by atoms with van der Waals surface area (Å²) in [6.45, 7) is 4.75. The molecule has 0 aromatic rings. The van der Waals surface area contributed by atoms with E-state index in [2.05, 4.69) is 0 Å². The Labute approximate surface area is 130 Å². The molecule has 1 aliphatic heterocycles. The van der Waals surface area contributed by atoms with Crippen molar-refractivity contribution in [2.45, 2.75) is 39.5 Å². The number of amides is 3. The van der Waals surface area contributed by atoms with Crippen molar-refractivity contribution in [3.8, 4) is 0 Å². The lowest BCUT2D eigenvalue weighted by atomic mass is 10.2. The maximum atomic E-state index is 12.1. The number of hydrogen-bond acceptors (Lipinski definition) is 4. The van der Waals surface area contributed by atoms with Crippen molar-refractivity contribution in [1.82, 2.24) is 14.7 Å². The highest BCUT2D eigenvalue weighted by atomic mass is 32.2. The van der Waals surface area contributed by atoms with Gasteiger partial charge in [0.15, 0.2) is 0 Å². The first kappa shape index (κ1) is 17.8. The summed E-state index contributed by atoms with van der Waals surface area (Å²) < 4.78 is 0. The highest BCUT2D eigenvalue weighted by molar-refractivity contribution is 7.99. The smallest absolute Gasteiger partial charge is 0.235 e. The van der Waals surface area contributed by atoms with E-state index < -0.39 is 0 Å². The predicted octanol–water partition coefficient (Wildman–Crippen LogP) is 1.32. The van der Waals surface area contributed by atoms with Gasteiger partial charge in [-0.05, 0) is 19.1 Å². The molecule has 120 valence electrons. The zero-order valence-electron chi connectivity index (χ0n) is 13.1. The van der Waals surface area contributed by atoms with Crippen LogP contribution in [0.4, 0.5) is 0 Å². The number of thioether (sulfide) groups is 1. The van der Waals surface area contributed by atoms with Crippen molar-refractivity contribution in [3.63, 3.8) is 0 Å². The van der Waals surface area contributed by atoms with Crippen molar-refractivity contribution in [2.24, 2.45) is 0 Å². The van der Waals surface area contributed by atoms with Gasteiger partial charge in [0.25, 0.3) is 0 Å². The summed E-state index contributed by atoms with van der Waals surface area (Å²) in [6, 6.07) is 0. The number of carbonyl (C=O) groups is 3. The van der Waals surface area contributed by atoms with Crippen LogP contribution in [0.15, 0.2) is 0 Å². The monoisotopic (exact) mass is 315 g/mol. The molecule has 3 amide bonds. The summed E-state index contributed by atoms with van der Waals surface area (Å²) in [5.41, 5.74) is 0. The Hall–Kier alpha value is -1.24. The molecule has 0 radical (unpaired) electrons. The van der Waals surface area contributed by atoms with Crippen LogP contribution in [0.3, 0.4) is 0 Å². The van der Waals surface area contributed by atoms with E-state index in [0.717, 1.165) is 12.8 Å². The maximum Gasteiger partial charge on any atom is 0.235 e. The fourth-order valence-electron chi connectivity index (χ4n) is 2.18. The second-order valence-corrected chi connectivity index (χ2v) is 6.02. The Morgan fingerprint density at radius 3 is 1.52 bits per heavy atom. The van der Waals surface area contributed by atoms with E-state index in [0.29, 0.717) is 25.3 Å². The first-order chi connectivity index (χ1) is 10.0. The minimum absolute atomic E-state index is 0.00606. The molecule has 0 aliphatic carbocycles. The van der Waals surface area contributed by atoms with Crippen molar-refractivity contribution in [3.05, 3.63) is 0 Å². The van der Waals surface area contributed by atoms with Gasteiger partial charge in [-0.15, -0.1) is 0 Å². The van der Waals surface area contributed by atoms with Crippen molar-refractivity contribution in [1.29, 1.82) is 0 Å². The Morgan fingerprint density at radius 1 is 0.810 bits per heavy atom. The molecule has 0 saturated carbocycles. The molecule has 0 aromatic heterocycles. The third kappa shape index (κ3) is 5.22. The standard InChI is InChI=1S/C14H25N3O3S/c1-4-6-12(18)15-9-16(13(19)7-5-2)11-17(10-15)14(20)8-21-3/h4-11H2,1-3H3. The molecule has 21 heavy (non-hydrogen) atoms. The zero-order valence-corrected chi connectivity index (χ0v) is 13.9. The van der Waals surface area contributed by atoms with Gasteiger partial charge >= 0.3 is 0 Å². The van der Waals surface area contributed by atoms with Gasteiger partial charge in [0.2, 0.25) is 17.7 Å². The van der Waals surface area contributed by atoms with Gasteiger partial charge in [0.05, 0.1) is 25.8 Å². The van der Waals surface area contributed by atoms with Crippen LogP contribution in [0.5, 0.6) is 0 Å². The van der Waals surface area contributed by atoms with Gasteiger partial charge in [0.1, 0.15) is 0 Å². The Kier molecular flexibility index (Phi) is 7.56. The fraction of sp³-hybridized carbons (Fsp3) is 0.786. The van der Waals surface area contributed by atoms with Crippen LogP contribution < -0.4 is 0 Å². The average molecular weight is 315 g/mol. The van der Waals surface area contributed by atoms with Crippen molar-refractivity contribution in [2.75, 3.05) is 32.0 Å². The van der Waals surface area contributed by atoms with Gasteiger partial charge in [-0.2, -0.15) is 11.8 Å². The van der Waals surface area contributed by atoms with Gasteiger partial charge in [-0.25, -0.2) is 0 Å². The van der Waals surface area contributed by atoms with E-state index in [-0.39, 0.29) is 31.1 Å². The largest absolute Gasteiger partial charge is 0.307 e. The zero-order chi connectivity index (χ0) is 15.8. The van der Waals surface area contributed by atoms with Crippen LogP contribution in [-0.2, 0) is 14.4 Å². The van der Waals surface area contributed by atoms with Crippen LogP contribution in [0.2, 0.25) is 0 Å². The minimum Gasteiger partial charge on any atom is -0.307 e. The van der Waals surface area contributed by atoms with Crippen LogP contribution in [-0.4, -0.2) is 64.4 Å². The van der Waals surface area contributed by atoms with Gasteiger partial charge < -0.3 is 14.7 Å². The number of carbonyl (C=O) groups excluding carboxylic acids is 3. The van der Waals surface area contributed by atoms with Crippen LogP contribution in [0.25, 0.3) is 0 Å². The molecule has 0 bridgehead atoms. The van der Waals surface area contributed by atoms with Crippen LogP contribution in [0, 0.1) is 0 Å². The van der Waals surface area contributed by atoms with E-state index in [1.54, 1.807) is 14.7 Å². The summed E-state index contributed by atoms with van der Waals surface area (Å²) in [6.07, 6.45) is 4.27. The van der Waals surface area contributed by atoms with E-state index in [4.69, 9.17) is 0 Å². The summed E-state index contributed by atoms with van der Waals surface area (Å²) >= 11 is 1.45. The maximum absolute atomic E-state index is 12.1. The normalized spacial score (nSPS) is 15.3. The quantitative estimate of drug-likeness (QED) is 0.742. The second kappa shape index (κ2) is 8.92. The van der Waals surface area contributed by atoms with Gasteiger partial charge in [-0.1, -0.05) is 13.8 Å². The average Bonchev–Trinajstić information content (AvgIpc) is 2.47. The van der Waals surface area contributed by atoms with E-state index >= 15 is 0 Å². The Bertz CT molecular complexity index is 327. The topological polar surface area (TPSA) is 60.9 Å². The third-order valence-corrected chi connectivity index (χ3v) is 3.81. The summed E-state index contributed by atoms with van der Waals surface area (Å²) in [4.78, 5) is 41.0. The summed E-state index contributed by atoms with van der Waals surface area (Å²) in [5.74, 6) is 0.318. The molecule has 1 aliphatic rings. The lowest BCUT2D eigenvalue weighted by Crippen LogP contribution is -2.59. The minimum atomic E-state index is -0.0363. The Morgan fingerprint density at radius 2 is 1.19 bits per heavy atom. The van der Waals surface area contributed by atoms with E-state index in [1.807, 2.05) is 20.1 Å². The molecule has 1 saturated heterocycles. The molecule has 0 unspecified atom stereocenters. The lowest BCUT2D eigenvalue weighted by Gasteiger charge is -2.42. The van der Waals surface area contributed by atoms with Crippen molar-refractivity contribution >= 4 is 29.5 Å². The molecule has 1 heterocycles. The number of hydrogen-bond donors (Lipinski definition) is 0. The molecule has 1 fully saturated rings. The number of rotatable bonds is 6. The van der Waals surface area contributed by atoms with E-state index in [1.165, 1.54) is 11.8 Å². The molecule has 0 spiro atoms. The van der Waals surface area contributed by atoms with Gasteiger partial charge in [-0.3, -0.25) is 14.4 Å². The fourth-order valence-corrected chi connectivity index (χ4v) is 2.61. The van der Waals surface area contributed by atoms with Crippen LogP contribution >= 0.6 is 11.8 Å². The molecular weight excluding hydrogens is 290 g/mol. The molecule has 0 N–H and O–H groups in total. The highest BCUT2D eigenvalue weighted by Crippen LogP contribution is 2.13. The first-order valence-electron chi connectivity index (χ1n) is 7.35. The number of nitrogens with zero attached hydrogens (tertiary/aromatic N) is 3. The Balaban J connectivity index is 2.79. The molecule has 6 nitrogen and oxygen atoms in total. The predicted molar refractivity (Wildman–Crippen MR) is 83.3 cm³/mol. The summed E-state index contributed by atoms with van der Waals surface area (Å²) in [7, 11) is 0. The SMILES string of the molecule is CCCC(=O)N1CN(C(=O)CCC)CN(C(=O)CSC)C1. The van der Waals surface area contributed by atoms with Crippen LogP contribution in [0.1, 0.15) is 39.5 Å². The highest BCUT2D eigenvalue weighted by Gasteiger charge is 2.30. The molecular formula is C14H25N3O3S. The third-order valence-electron chi connectivity index (χ3n) is 3.28. The molecule has 1 rings (SSSR count). The van der Waals surface area contributed by atoms with Gasteiger partial charge in [0, 0.05) is 12.8 Å². The lowest BCUT2D eigenvalue weighted by molar-refractivity contribution is -0.157. The molecule has 0 aromatic carbocycles.